The van der Waals surface area contributed by atoms with Gasteiger partial charge in [0, 0.05) is 24.8 Å². The predicted octanol–water partition coefficient (Wildman–Crippen LogP) is 3.10. The molecule has 0 heterocycles. The van der Waals surface area contributed by atoms with Crippen molar-refractivity contribution in [3.63, 3.8) is 0 Å². The lowest BCUT2D eigenvalue weighted by Gasteiger charge is -2.25. The van der Waals surface area contributed by atoms with E-state index in [4.69, 9.17) is 5.26 Å². The van der Waals surface area contributed by atoms with Crippen molar-refractivity contribution >= 4 is 5.69 Å². The molecule has 1 N–H and O–H groups in total. The first-order chi connectivity index (χ1) is 8.60. The Morgan fingerprint density at radius 3 is 2.39 bits per heavy atom. The van der Waals surface area contributed by atoms with Gasteiger partial charge >= 0.3 is 0 Å². The minimum absolute atomic E-state index is 0.243. The van der Waals surface area contributed by atoms with Gasteiger partial charge in [-0.1, -0.05) is 19.1 Å². The van der Waals surface area contributed by atoms with Crippen LogP contribution in [0.1, 0.15) is 38.8 Å². The van der Waals surface area contributed by atoms with Gasteiger partial charge < -0.3 is 10.2 Å². The standard InChI is InChI=1S/C15H23N3/c1-5-17-13(3)14-6-8-15(9-7-14)18(4)12(2)10-11-16/h6-9,12-13,17H,5,10H2,1-4H3. The predicted molar refractivity (Wildman–Crippen MR) is 76.6 cm³/mol. The number of nitrogens with zero attached hydrogens (tertiary/aromatic N) is 2. The Kier molecular flexibility index (Phi) is 5.67. The molecule has 18 heavy (non-hydrogen) atoms. The lowest BCUT2D eigenvalue weighted by Crippen LogP contribution is -2.28. The second kappa shape index (κ2) is 7.03. The molecule has 0 fully saturated rings. The monoisotopic (exact) mass is 245 g/mol. The summed E-state index contributed by atoms with van der Waals surface area (Å²) >= 11 is 0. The second-order valence-electron chi connectivity index (χ2n) is 4.69. The molecular weight excluding hydrogens is 222 g/mol. The molecule has 1 aromatic rings. The van der Waals surface area contributed by atoms with E-state index in [0.717, 1.165) is 12.2 Å². The van der Waals surface area contributed by atoms with E-state index in [1.54, 1.807) is 0 Å². The molecule has 3 nitrogen and oxygen atoms in total. The van der Waals surface area contributed by atoms with Crippen LogP contribution >= 0.6 is 0 Å². The van der Waals surface area contributed by atoms with Crippen LogP contribution in [0.15, 0.2) is 24.3 Å². The zero-order valence-corrected chi connectivity index (χ0v) is 11.8. The molecule has 0 radical (unpaired) electrons. The molecule has 0 aliphatic heterocycles. The highest BCUT2D eigenvalue weighted by atomic mass is 15.1. The summed E-state index contributed by atoms with van der Waals surface area (Å²) in [6.07, 6.45) is 0.548. The van der Waals surface area contributed by atoms with Crippen LogP contribution in [0.2, 0.25) is 0 Å². The van der Waals surface area contributed by atoms with E-state index in [1.165, 1.54) is 5.56 Å². The van der Waals surface area contributed by atoms with Crippen LogP contribution in [0.3, 0.4) is 0 Å². The van der Waals surface area contributed by atoms with E-state index in [0.29, 0.717) is 12.5 Å². The highest BCUT2D eigenvalue weighted by Crippen LogP contribution is 2.20. The molecule has 0 aliphatic rings. The van der Waals surface area contributed by atoms with E-state index >= 15 is 0 Å². The van der Waals surface area contributed by atoms with E-state index in [9.17, 15) is 0 Å². The van der Waals surface area contributed by atoms with Gasteiger partial charge in [0.25, 0.3) is 0 Å². The summed E-state index contributed by atoms with van der Waals surface area (Å²) in [5.74, 6) is 0. The first kappa shape index (κ1) is 14.5. The molecule has 0 aliphatic carbocycles. The van der Waals surface area contributed by atoms with Crippen LogP contribution < -0.4 is 10.2 Å². The maximum atomic E-state index is 8.72. The van der Waals surface area contributed by atoms with Crippen LogP contribution in [-0.4, -0.2) is 19.6 Å². The highest BCUT2D eigenvalue weighted by molar-refractivity contribution is 5.48. The fourth-order valence-corrected chi connectivity index (χ4v) is 1.95. The molecule has 1 rings (SSSR count). The number of rotatable bonds is 6. The number of hydrogen-bond acceptors (Lipinski definition) is 3. The first-order valence-electron chi connectivity index (χ1n) is 6.53. The van der Waals surface area contributed by atoms with Crippen molar-refractivity contribution in [1.29, 1.82) is 5.26 Å². The number of anilines is 1. The fourth-order valence-electron chi connectivity index (χ4n) is 1.95. The Morgan fingerprint density at radius 1 is 1.28 bits per heavy atom. The van der Waals surface area contributed by atoms with Crippen molar-refractivity contribution in [3.05, 3.63) is 29.8 Å². The molecule has 3 heteroatoms. The third-order valence-electron chi connectivity index (χ3n) is 3.36. The summed E-state index contributed by atoms with van der Waals surface area (Å²) < 4.78 is 0. The SMILES string of the molecule is CCNC(C)c1ccc(N(C)C(C)CC#N)cc1. The van der Waals surface area contributed by atoms with Crippen molar-refractivity contribution in [2.24, 2.45) is 0 Å². The molecule has 0 saturated carbocycles. The average molecular weight is 245 g/mol. The Bertz CT molecular complexity index is 391. The van der Waals surface area contributed by atoms with Gasteiger partial charge in [0.1, 0.15) is 0 Å². The summed E-state index contributed by atoms with van der Waals surface area (Å²) in [6, 6.07) is 11.4. The number of nitrogens with one attached hydrogen (secondary N) is 1. The van der Waals surface area contributed by atoms with Gasteiger partial charge in [-0.05, 0) is 38.1 Å². The lowest BCUT2D eigenvalue weighted by molar-refractivity contribution is 0.598. The van der Waals surface area contributed by atoms with E-state index in [2.05, 4.69) is 61.3 Å². The summed E-state index contributed by atoms with van der Waals surface area (Å²) in [5, 5.41) is 12.1. The quantitative estimate of drug-likeness (QED) is 0.837. The first-order valence-corrected chi connectivity index (χ1v) is 6.53. The van der Waals surface area contributed by atoms with Crippen molar-refractivity contribution in [1.82, 2.24) is 5.32 Å². The second-order valence-corrected chi connectivity index (χ2v) is 4.69. The van der Waals surface area contributed by atoms with Gasteiger partial charge in [0.15, 0.2) is 0 Å². The van der Waals surface area contributed by atoms with Gasteiger partial charge in [0.05, 0.1) is 12.5 Å². The summed E-state index contributed by atoms with van der Waals surface area (Å²) in [6.45, 7) is 7.32. The fraction of sp³-hybridized carbons (Fsp3) is 0.533. The molecule has 0 amide bonds. The molecule has 0 saturated heterocycles. The zero-order valence-electron chi connectivity index (χ0n) is 11.8. The van der Waals surface area contributed by atoms with Gasteiger partial charge in [-0.3, -0.25) is 0 Å². The smallest absolute Gasteiger partial charge is 0.0643 e. The van der Waals surface area contributed by atoms with Gasteiger partial charge in [-0.2, -0.15) is 5.26 Å². The lowest BCUT2D eigenvalue weighted by atomic mass is 10.1. The molecule has 0 spiro atoms. The Morgan fingerprint density at radius 2 is 1.89 bits per heavy atom. The Balaban J connectivity index is 2.73. The van der Waals surface area contributed by atoms with Crippen LogP contribution in [0.4, 0.5) is 5.69 Å². The van der Waals surface area contributed by atoms with E-state index < -0.39 is 0 Å². The maximum Gasteiger partial charge on any atom is 0.0643 e. The number of benzene rings is 1. The largest absolute Gasteiger partial charge is 0.371 e. The van der Waals surface area contributed by atoms with E-state index in [-0.39, 0.29) is 6.04 Å². The highest BCUT2D eigenvalue weighted by Gasteiger charge is 2.10. The Labute approximate surface area is 110 Å². The van der Waals surface area contributed by atoms with Crippen molar-refractivity contribution in [2.75, 3.05) is 18.5 Å². The minimum atomic E-state index is 0.243. The molecule has 98 valence electrons. The van der Waals surface area contributed by atoms with Gasteiger partial charge in [-0.25, -0.2) is 0 Å². The third kappa shape index (κ3) is 3.75. The van der Waals surface area contributed by atoms with Crippen molar-refractivity contribution < 1.29 is 0 Å². The third-order valence-corrected chi connectivity index (χ3v) is 3.36. The summed E-state index contributed by atoms with van der Waals surface area (Å²) in [5.41, 5.74) is 2.45. The average Bonchev–Trinajstić information content (AvgIpc) is 2.38. The van der Waals surface area contributed by atoms with Crippen LogP contribution in [0.5, 0.6) is 0 Å². The topological polar surface area (TPSA) is 39.1 Å². The number of nitriles is 1. The molecule has 0 aromatic heterocycles. The summed E-state index contributed by atoms with van der Waals surface area (Å²) in [4.78, 5) is 2.14. The van der Waals surface area contributed by atoms with E-state index in [1.807, 2.05) is 7.05 Å². The number of hydrogen-bond donors (Lipinski definition) is 1. The molecule has 1 aromatic carbocycles. The minimum Gasteiger partial charge on any atom is -0.371 e. The molecule has 0 bridgehead atoms. The van der Waals surface area contributed by atoms with Gasteiger partial charge in [-0.15, -0.1) is 0 Å². The van der Waals surface area contributed by atoms with Crippen molar-refractivity contribution in [2.45, 2.75) is 39.3 Å². The molecular formula is C15H23N3. The van der Waals surface area contributed by atoms with Crippen LogP contribution in [0.25, 0.3) is 0 Å². The Hall–Kier alpha value is -1.53. The van der Waals surface area contributed by atoms with Crippen LogP contribution in [0, 0.1) is 11.3 Å². The zero-order chi connectivity index (χ0) is 13.5. The van der Waals surface area contributed by atoms with Crippen molar-refractivity contribution in [3.8, 4) is 6.07 Å². The molecule has 2 atom stereocenters. The molecule has 2 unspecified atom stereocenters. The maximum absolute atomic E-state index is 8.72. The normalized spacial score (nSPS) is 13.7. The van der Waals surface area contributed by atoms with Crippen LogP contribution in [-0.2, 0) is 0 Å². The summed E-state index contributed by atoms with van der Waals surface area (Å²) in [7, 11) is 2.03. The van der Waals surface area contributed by atoms with Gasteiger partial charge in [0.2, 0.25) is 0 Å².